The minimum atomic E-state index is -4.42. The van der Waals surface area contributed by atoms with Gasteiger partial charge >= 0.3 is 6.18 Å². The second kappa shape index (κ2) is 7.16. The van der Waals surface area contributed by atoms with Crippen LogP contribution >= 0.6 is 0 Å². The van der Waals surface area contributed by atoms with Gasteiger partial charge in [0.1, 0.15) is 0 Å². The maximum atomic E-state index is 13.3. The lowest BCUT2D eigenvalue weighted by Gasteiger charge is -2.31. The lowest BCUT2D eigenvalue weighted by Crippen LogP contribution is -2.33. The second-order valence-corrected chi connectivity index (χ2v) is 6.20. The minimum absolute atomic E-state index is 0.196. The molecule has 2 nitrogen and oxygen atoms in total. The molecular weight excluding hydrogens is 279 g/mol. The second-order valence-electron chi connectivity index (χ2n) is 6.20. The zero-order valence-electron chi connectivity index (χ0n) is 13.0. The van der Waals surface area contributed by atoms with Crippen molar-refractivity contribution < 1.29 is 18.3 Å². The summed E-state index contributed by atoms with van der Waals surface area (Å²) in [6.45, 7) is 8.70. The Balaban J connectivity index is 3.28. The van der Waals surface area contributed by atoms with Crippen LogP contribution in [-0.4, -0.2) is 18.2 Å². The quantitative estimate of drug-likeness (QED) is 0.846. The third-order valence-corrected chi connectivity index (χ3v) is 3.06. The highest BCUT2D eigenvalue weighted by atomic mass is 19.4. The molecule has 0 aliphatic heterocycles. The van der Waals surface area contributed by atoms with Gasteiger partial charge in [-0.25, -0.2) is 0 Å². The Morgan fingerprint density at radius 2 is 1.57 bits per heavy atom. The molecule has 1 rings (SSSR count). The largest absolute Gasteiger partial charge is 0.418 e. The van der Waals surface area contributed by atoms with Crippen LogP contribution in [0.4, 0.5) is 18.9 Å². The van der Waals surface area contributed by atoms with E-state index in [9.17, 15) is 13.2 Å². The summed E-state index contributed by atoms with van der Waals surface area (Å²) in [6, 6.07) is 4.07. The maximum Gasteiger partial charge on any atom is 0.418 e. The van der Waals surface area contributed by atoms with Crippen LogP contribution in [-0.2, 0) is 12.8 Å². The van der Waals surface area contributed by atoms with Crippen molar-refractivity contribution in [2.75, 3.05) is 18.0 Å². The molecule has 0 aromatic heterocycles. The first kappa shape index (κ1) is 17.8. The molecule has 0 radical (unpaired) electrons. The minimum Gasteiger partial charge on any atom is -0.392 e. The van der Waals surface area contributed by atoms with E-state index in [1.165, 1.54) is 6.07 Å². The Morgan fingerprint density at radius 1 is 1.05 bits per heavy atom. The van der Waals surface area contributed by atoms with E-state index in [2.05, 4.69) is 0 Å². The predicted molar refractivity (Wildman–Crippen MR) is 79.3 cm³/mol. The number of halogens is 3. The van der Waals surface area contributed by atoms with E-state index < -0.39 is 18.3 Å². The van der Waals surface area contributed by atoms with E-state index in [0.29, 0.717) is 13.1 Å². The molecule has 5 heteroatoms. The fourth-order valence-electron chi connectivity index (χ4n) is 2.34. The number of aliphatic hydroxyl groups excluding tert-OH is 1. The summed E-state index contributed by atoms with van der Waals surface area (Å²) in [6.07, 6.45) is -4.42. The highest BCUT2D eigenvalue weighted by Gasteiger charge is 2.35. The number of hydrogen-bond donors (Lipinski definition) is 1. The Hall–Kier alpha value is -1.23. The summed E-state index contributed by atoms with van der Waals surface area (Å²) in [7, 11) is 0. The Bertz CT molecular complexity index is 445. The van der Waals surface area contributed by atoms with E-state index in [0.717, 1.165) is 6.07 Å². The Morgan fingerprint density at radius 3 is 1.95 bits per heavy atom. The lowest BCUT2D eigenvalue weighted by molar-refractivity contribution is -0.137. The fourth-order valence-corrected chi connectivity index (χ4v) is 2.34. The lowest BCUT2D eigenvalue weighted by atomic mass is 10.0. The number of hydrogen-bond acceptors (Lipinski definition) is 2. The number of aliphatic hydroxyl groups is 1. The molecule has 1 aromatic rings. The van der Waals surface area contributed by atoms with Gasteiger partial charge in [0.2, 0.25) is 0 Å². The molecule has 0 unspecified atom stereocenters. The van der Waals surface area contributed by atoms with Crippen LogP contribution in [0.15, 0.2) is 18.2 Å². The van der Waals surface area contributed by atoms with Gasteiger partial charge in [-0.15, -0.1) is 0 Å². The summed E-state index contributed by atoms with van der Waals surface area (Å²) < 4.78 is 39.9. The Labute approximate surface area is 124 Å². The van der Waals surface area contributed by atoms with Crippen LogP contribution in [0.5, 0.6) is 0 Å². The molecule has 0 amide bonds. The van der Waals surface area contributed by atoms with Crippen LogP contribution in [0, 0.1) is 11.8 Å². The van der Waals surface area contributed by atoms with Crippen molar-refractivity contribution in [1.82, 2.24) is 0 Å². The molecule has 0 atom stereocenters. The molecule has 0 aliphatic carbocycles. The zero-order valence-corrected chi connectivity index (χ0v) is 13.0. The van der Waals surface area contributed by atoms with Crippen molar-refractivity contribution >= 4 is 5.69 Å². The highest BCUT2D eigenvalue weighted by molar-refractivity contribution is 5.56. The molecular formula is C16H24F3NO. The van der Waals surface area contributed by atoms with Gasteiger partial charge < -0.3 is 10.0 Å². The Kier molecular flexibility index (Phi) is 6.08. The normalized spacial score (nSPS) is 12.3. The van der Waals surface area contributed by atoms with Crippen LogP contribution in [0.25, 0.3) is 0 Å². The van der Waals surface area contributed by atoms with Gasteiger partial charge in [-0.3, -0.25) is 0 Å². The molecule has 0 fully saturated rings. The van der Waals surface area contributed by atoms with Crippen molar-refractivity contribution in [2.24, 2.45) is 11.8 Å². The molecule has 0 saturated heterocycles. The van der Waals surface area contributed by atoms with Gasteiger partial charge in [0.25, 0.3) is 0 Å². The van der Waals surface area contributed by atoms with E-state index >= 15 is 0 Å². The molecule has 0 bridgehead atoms. The number of nitrogens with zero attached hydrogens (tertiary/aromatic N) is 1. The number of anilines is 1. The monoisotopic (exact) mass is 303 g/mol. The average molecular weight is 303 g/mol. The predicted octanol–water partition coefficient (Wildman–Crippen LogP) is 4.32. The molecule has 0 spiro atoms. The van der Waals surface area contributed by atoms with Crippen molar-refractivity contribution in [3.63, 3.8) is 0 Å². The SMILES string of the molecule is CC(C)CN(CC(C)C)c1ccc(CO)cc1C(F)(F)F. The van der Waals surface area contributed by atoms with E-state index in [1.54, 1.807) is 11.0 Å². The first-order valence-corrected chi connectivity index (χ1v) is 7.21. The summed E-state index contributed by atoms with van der Waals surface area (Å²) in [5, 5.41) is 9.07. The van der Waals surface area contributed by atoms with Crippen molar-refractivity contribution in [3.05, 3.63) is 29.3 Å². The van der Waals surface area contributed by atoms with E-state index in [1.807, 2.05) is 27.7 Å². The summed E-state index contributed by atoms with van der Waals surface area (Å²) in [5.41, 5.74) is -0.197. The summed E-state index contributed by atoms with van der Waals surface area (Å²) in [4.78, 5) is 1.79. The fraction of sp³-hybridized carbons (Fsp3) is 0.625. The van der Waals surface area contributed by atoms with E-state index in [4.69, 9.17) is 5.11 Å². The van der Waals surface area contributed by atoms with Gasteiger partial charge in [0, 0.05) is 18.8 Å². The van der Waals surface area contributed by atoms with Crippen LogP contribution in [0.1, 0.15) is 38.8 Å². The molecule has 21 heavy (non-hydrogen) atoms. The molecule has 1 aromatic carbocycles. The maximum absolute atomic E-state index is 13.3. The van der Waals surface area contributed by atoms with Gasteiger partial charge in [0.15, 0.2) is 0 Å². The van der Waals surface area contributed by atoms with Gasteiger partial charge in [-0.05, 0) is 29.5 Å². The topological polar surface area (TPSA) is 23.5 Å². The molecule has 0 saturated carbocycles. The number of rotatable bonds is 6. The van der Waals surface area contributed by atoms with Crippen molar-refractivity contribution in [2.45, 2.75) is 40.5 Å². The molecule has 120 valence electrons. The standard InChI is InChI=1S/C16H24F3NO/c1-11(2)8-20(9-12(3)4)15-6-5-13(10-21)7-14(15)16(17,18)19/h5-7,11-12,21H,8-10H2,1-4H3. The average Bonchev–Trinajstić information content (AvgIpc) is 2.35. The van der Waals surface area contributed by atoms with Gasteiger partial charge in [-0.1, -0.05) is 33.8 Å². The number of alkyl halides is 3. The smallest absolute Gasteiger partial charge is 0.392 e. The van der Waals surface area contributed by atoms with Gasteiger partial charge in [-0.2, -0.15) is 13.2 Å². The zero-order chi connectivity index (χ0) is 16.2. The van der Waals surface area contributed by atoms with Crippen LogP contribution in [0.2, 0.25) is 0 Å². The highest BCUT2D eigenvalue weighted by Crippen LogP contribution is 2.37. The number of benzene rings is 1. The molecule has 0 aliphatic rings. The van der Waals surface area contributed by atoms with E-state index in [-0.39, 0.29) is 23.1 Å². The third-order valence-electron chi connectivity index (χ3n) is 3.06. The van der Waals surface area contributed by atoms with Crippen LogP contribution in [0.3, 0.4) is 0 Å². The third kappa shape index (κ3) is 5.23. The van der Waals surface area contributed by atoms with Crippen LogP contribution < -0.4 is 4.90 Å². The summed E-state index contributed by atoms with van der Waals surface area (Å²) >= 11 is 0. The first-order chi connectivity index (χ1) is 9.65. The molecule has 0 heterocycles. The summed E-state index contributed by atoms with van der Waals surface area (Å²) in [5.74, 6) is 0.532. The van der Waals surface area contributed by atoms with Crippen molar-refractivity contribution in [3.8, 4) is 0 Å². The molecule has 1 N–H and O–H groups in total. The first-order valence-electron chi connectivity index (χ1n) is 7.21. The van der Waals surface area contributed by atoms with Crippen molar-refractivity contribution in [1.29, 1.82) is 0 Å². The van der Waals surface area contributed by atoms with Gasteiger partial charge in [0.05, 0.1) is 12.2 Å².